The summed E-state index contributed by atoms with van der Waals surface area (Å²) in [5, 5.41) is 12.0. The van der Waals surface area contributed by atoms with Crippen molar-refractivity contribution in [1.82, 2.24) is 15.1 Å². The Bertz CT molecular complexity index is 876. The summed E-state index contributed by atoms with van der Waals surface area (Å²) >= 11 is 0. The van der Waals surface area contributed by atoms with Gasteiger partial charge in [-0.15, -0.1) is 0 Å². The van der Waals surface area contributed by atoms with Crippen LogP contribution in [0.25, 0.3) is 0 Å². The summed E-state index contributed by atoms with van der Waals surface area (Å²) in [7, 11) is 3.81. The summed E-state index contributed by atoms with van der Waals surface area (Å²) in [5.41, 5.74) is -0.258. The number of carboxylic acids is 1. The molecule has 0 atom stereocenters. The zero-order valence-corrected chi connectivity index (χ0v) is 17.8. The number of carboxylic acid groups (broad SMARTS) is 1. The summed E-state index contributed by atoms with van der Waals surface area (Å²) < 4.78 is 31.3. The van der Waals surface area contributed by atoms with Gasteiger partial charge in [-0.25, -0.2) is 9.59 Å². The molecule has 0 bridgehead atoms. The Kier molecular flexibility index (Phi) is 5.96. The van der Waals surface area contributed by atoms with Gasteiger partial charge in [0, 0.05) is 19.0 Å². The van der Waals surface area contributed by atoms with Crippen LogP contribution in [0, 0.1) is 0 Å². The molecule has 1 heterocycles. The van der Waals surface area contributed by atoms with Gasteiger partial charge in [-0.05, 0) is 57.5 Å². The second kappa shape index (κ2) is 8.07. The number of carbonyl (C=O) groups is 3. The molecule has 1 aliphatic carbocycles. The number of nitrogens with one attached hydrogen (secondary N) is 1. The van der Waals surface area contributed by atoms with Crippen molar-refractivity contribution in [3.05, 3.63) is 29.8 Å². The molecular weight excluding hydrogens is 412 g/mol. The first-order valence-corrected chi connectivity index (χ1v) is 10.0. The van der Waals surface area contributed by atoms with Crippen molar-refractivity contribution in [2.45, 2.75) is 49.6 Å². The summed E-state index contributed by atoms with van der Waals surface area (Å²) in [6.07, 6.45) is 2.33. The van der Waals surface area contributed by atoms with Crippen LogP contribution in [0.1, 0.15) is 38.2 Å². The van der Waals surface area contributed by atoms with Crippen molar-refractivity contribution in [2.24, 2.45) is 0 Å². The maximum absolute atomic E-state index is 13.2. The van der Waals surface area contributed by atoms with Crippen molar-refractivity contribution in [3.8, 4) is 5.75 Å². The third-order valence-corrected chi connectivity index (χ3v) is 6.48. The minimum Gasteiger partial charge on any atom is -0.480 e. The predicted octanol–water partition coefficient (Wildman–Crippen LogP) is 2.43. The molecule has 1 aromatic rings. The van der Waals surface area contributed by atoms with Gasteiger partial charge >= 0.3 is 23.9 Å². The van der Waals surface area contributed by atoms with E-state index in [1.165, 1.54) is 11.0 Å². The highest BCUT2D eigenvalue weighted by Gasteiger charge is 2.52. The number of urea groups is 1. The van der Waals surface area contributed by atoms with Crippen molar-refractivity contribution < 1.29 is 33.0 Å². The first-order chi connectivity index (χ1) is 14.4. The molecule has 2 N–H and O–H groups in total. The lowest BCUT2D eigenvalue weighted by molar-refractivity contribution is -0.158. The molecule has 3 rings (SSSR count). The number of carbonyl (C=O) groups excluding carboxylic acids is 2. The van der Waals surface area contributed by atoms with Gasteiger partial charge in [0.25, 0.3) is 0 Å². The van der Waals surface area contributed by atoms with E-state index in [1.807, 2.05) is 25.1 Å². The number of alkyl halides is 2. The van der Waals surface area contributed by atoms with Crippen LogP contribution in [0.5, 0.6) is 5.75 Å². The smallest absolute Gasteiger partial charge is 0.382 e. The molecule has 1 spiro atoms. The van der Waals surface area contributed by atoms with Crippen molar-refractivity contribution >= 4 is 18.0 Å². The van der Waals surface area contributed by atoms with Crippen LogP contribution < -0.4 is 10.1 Å². The van der Waals surface area contributed by atoms with Crippen LogP contribution in [0.3, 0.4) is 0 Å². The van der Waals surface area contributed by atoms with Gasteiger partial charge in [0.05, 0.1) is 5.54 Å². The Morgan fingerprint density at radius 3 is 2.45 bits per heavy atom. The van der Waals surface area contributed by atoms with E-state index < -0.39 is 28.9 Å². The fourth-order valence-corrected chi connectivity index (χ4v) is 4.64. The maximum Gasteiger partial charge on any atom is 0.382 e. The zero-order valence-electron chi connectivity index (χ0n) is 17.8. The second-order valence-electron chi connectivity index (χ2n) is 8.59. The van der Waals surface area contributed by atoms with E-state index in [-0.39, 0.29) is 18.3 Å². The van der Waals surface area contributed by atoms with Crippen LogP contribution in [0.15, 0.2) is 24.3 Å². The van der Waals surface area contributed by atoms with Gasteiger partial charge in [0.2, 0.25) is 0 Å². The van der Waals surface area contributed by atoms with E-state index in [1.54, 1.807) is 12.1 Å². The topological polar surface area (TPSA) is 99.2 Å². The highest BCUT2D eigenvalue weighted by molar-refractivity contribution is 5.83. The van der Waals surface area contributed by atoms with Crippen molar-refractivity contribution in [3.63, 3.8) is 0 Å². The van der Waals surface area contributed by atoms with E-state index in [2.05, 4.69) is 5.32 Å². The normalized spacial score (nSPS) is 26.3. The minimum atomic E-state index is -3.60. The van der Waals surface area contributed by atoms with Crippen molar-refractivity contribution in [1.29, 1.82) is 0 Å². The van der Waals surface area contributed by atoms with E-state index in [4.69, 9.17) is 4.74 Å². The molecule has 1 saturated carbocycles. The number of ether oxygens (including phenoxy) is 1. The number of benzene rings is 1. The summed E-state index contributed by atoms with van der Waals surface area (Å²) in [5.74, 6) is -6.24. The molecule has 8 nitrogen and oxygen atoms in total. The number of nitrogens with zero attached hydrogens (tertiary/aromatic N) is 2. The molecule has 0 radical (unpaired) electrons. The third kappa shape index (κ3) is 4.34. The Labute approximate surface area is 179 Å². The molecule has 2 fully saturated rings. The van der Waals surface area contributed by atoms with E-state index in [0.717, 1.165) is 5.56 Å². The predicted molar refractivity (Wildman–Crippen MR) is 107 cm³/mol. The standard InChI is InChI=1S/C21H27F2N3O5/c1-19(22,23)17(29)31-15-6-4-5-14(11-15)21(25(2)3)9-7-20(8-10-21)13-24-18(30)26(20)12-16(27)28/h4-6,11H,7-10,12-13H2,1-3H3,(H,24,30)(H,27,28)/t20-,21+. The largest absolute Gasteiger partial charge is 0.480 e. The molecule has 1 aliphatic heterocycles. The van der Waals surface area contributed by atoms with Crippen LogP contribution in [0.4, 0.5) is 13.6 Å². The Hall–Kier alpha value is -2.75. The maximum atomic E-state index is 13.2. The summed E-state index contributed by atoms with van der Waals surface area (Å²) in [4.78, 5) is 38.5. The fraction of sp³-hybridized carbons (Fsp3) is 0.571. The Balaban J connectivity index is 1.85. The molecule has 2 amide bonds. The van der Waals surface area contributed by atoms with E-state index in [0.29, 0.717) is 39.2 Å². The zero-order chi connectivity index (χ0) is 23.0. The highest BCUT2D eigenvalue weighted by atomic mass is 19.3. The van der Waals surface area contributed by atoms with E-state index in [9.17, 15) is 28.3 Å². The average molecular weight is 439 g/mol. The van der Waals surface area contributed by atoms with Crippen LogP contribution in [-0.4, -0.2) is 71.5 Å². The second-order valence-corrected chi connectivity index (χ2v) is 8.59. The molecule has 1 aromatic carbocycles. The number of rotatable bonds is 6. The van der Waals surface area contributed by atoms with Gasteiger partial charge in [-0.2, -0.15) is 8.78 Å². The Morgan fingerprint density at radius 2 is 1.90 bits per heavy atom. The van der Waals surface area contributed by atoms with Gasteiger partial charge < -0.3 is 20.1 Å². The lowest BCUT2D eigenvalue weighted by atomic mass is 9.68. The quantitative estimate of drug-likeness (QED) is 0.522. The molecule has 31 heavy (non-hydrogen) atoms. The number of esters is 1. The molecule has 2 aliphatic rings. The van der Waals surface area contributed by atoms with Crippen LogP contribution in [0.2, 0.25) is 0 Å². The molecular formula is C21H27F2N3O5. The van der Waals surface area contributed by atoms with Crippen LogP contribution in [-0.2, 0) is 15.1 Å². The lowest BCUT2D eigenvalue weighted by Crippen LogP contribution is -2.56. The molecule has 170 valence electrons. The molecule has 0 aromatic heterocycles. The van der Waals surface area contributed by atoms with Crippen LogP contribution >= 0.6 is 0 Å². The number of amides is 2. The summed E-state index contributed by atoms with van der Waals surface area (Å²) in [6, 6.07) is 6.17. The van der Waals surface area contributed by atoms with Gasteiger partial charge in [-0.1, -0.05) is 12.1 Å². The molecule has 1 saturated heterocycles. The highest BCUT2D eigenvalue weighted by Crippen LogP contribution is 2.48. The van der Waals surface area contributed by atoms with E-state index >= 15 is 0 Å². The molecule has 10 heteroatoms. The summed E-state index contributed by atoms with van der Waals surface area (Å²) in [6.45, 7) is 0.504. The Morgan fingerprint density at radius 1 is 1.26 bits per heavy atom. The monoisotopic (exact) mass is 439 g/mol. The minimum absolute atomic E-state index is 0.0377. The first-order valence-electron chi connectivity index (χ1n) is 10.0. The first kappa shape index (κ1) is 22.9. The number of hydrogen-bond acceptors (Lipinski definition) is 5. The number of aliphatic carboxylic acids is 1. The number of halogens is 2. The molecule has 0 unspecified atom stereocenters. The average Bonchev–Trinajstić information content (AvgIpc) is 2.97. The van der Waals surface area contributed by atoms with Gasteiger partial charge in [-0.3, -0.25) is 9.69 Å². The van der Waals surface area contributed by atoms with Gasteiger partial charge in [0.1, 0.15) is 12.3 Å². The fourth-order valence-electron chi connectivity index (χ4n) is 4.64. The van der Waals surface area contributed by atoms with Crippen molar-refractivity contribution in [2.75, 3.05) is 27.2 Å². The SMILES string of the molecule is CN(C)[C@]1(c2cccc(OC(=O)C(C)(F)F)c2)CC[C@]2(CC1)CNC(=O)N2CC(=O)O. The number of hydrogen-bond donors (Lipinski definition) is 2. The lowest BCUT2D eigenvalue weighted by Gasteiger charge is -2.50. The third-order valence-electron chi connectivity index (χ3n) is 6.48. The van der Waals surface area contributed by atoms with Gasteiger partial charge in [0.15, 0.2) is 0 Å².